The van der Waals surface area contributed by atoms with Crippen LogP contribution in [-0.4, -0.2) is 30.2 Å². The second-order valence-electron chi connectivity index (χ2n) is 5.54. The van der Waals surface area contributed by atoms with E-state index in [9.17, 15) is 9.59 Å². The standard InChI is InChI=1S/C19H21NO5/c1-4-12(2)25-15-7-5-6-13(10-15)18(21)20-16-11-14(19(22)23)8-9-17(16)24-3/h5-12H,4H2,1-3H3,(H,20,21)(H,22,23)/t12-/m0/s1. The monoisotopic (exact) mass is 343 g/mol. The summed E-state index contributed by atoms with van der Waals surface area (Å²) in [5.74, 6) is -0.476. The van der Waals surface area contributed by atoms with Gasteiger partial charge >= 0.3 is 5.97 Å². The van der Waals surface area contributed by atoms with Crippen LogP contribution < -0.4 is 14.8 Å². The molecule has 0 saturated carbocycles. The highest BCUT2D eigenvalue weighted by Gasteiger charge is 2.14. The average molecular weight is 343 g/mol. The van der Waals surface area contributed by atoms with Crippen molar-refractivity contribution in [3.63, 3.8) is 0 Å². The predicted octanol–water partition coefficient (Wildman–Crippen LogP) is 3.82. The first-order valence-electron chi connectivity index (χ1n) is 7.94. The van der Waals surface area contributed by atoms with Crippen LogP contribution in [-0.2, 0) is 0 Å². The molecule has 6 nitrogen and oxygen atoms in total. The van der Waals surface area contributed by atoms with Crippen LogP contribution in [0.15, 0.2) is 42.5 Å². The summed E-state index contributed by atoms with van der Waals surface area (Å²) in [6.07, 6.45) is 0.904. The molecule has 0 bridgehead atoms. The highest BCUT2D eigenvalue weighted by atomic mass is 16.5. The van der Waals surface area contributed by atoms with Crippen LogP contribution in [0.1, 0.15) is 41.0 Å². The van der Waals surface area contributed by atoms with E-state index < -0.39 is 5.97 Å². The summed E-state index contributed by atoms with van der Waals surface area (Å²) in [5.41, 5.74) is 0.759. The van der Waals surface area contributed by atoms with Gasteiger partial charge in [0.05, 0.1) is 24.5 Å². The number of hydrogen-bond donors (Lipinski definition) is 2. The van der Waals surface area contributed by atoms with Crippen LogP contribution in [0.3, 0.4) is 0 Å². The van der Waals surface area contributed by atoms with E-state index in [2.05, 4.69) is 5.32 Å². The average Bonchev–Trinajstić information content (AvgIpc) is 2.61. The number of hydrogen-bond acceptors (Lipinski definition) is 4. The van der Waals surface area contributed by atoms with Crippen molar-refractivity contribution in [1.82, 2.24) is 0 Å². The normalized spacial score (nSPS) is 11.5. The van der Waals surface area contributed by atoms with Gasteiger partial charge in [0.2, 0.25) is 0 Å². The lowest BCUT2D eigenvalue weighted by Gasteiger charge is -2.14. The molecule has 0 aromatic heterocycles. The lowest BCUT2D eigenvalue weighted by atomic mass is 10.1. The summed E-state index contributed by atoms with van der Waals surface area (Å²) >= 11 is 0. The Labute approximate surface area is 146 Å². The number of carbonyl (C=O) groups excluding carboxylic acids is 1. The minimum Gasteiger partial charge on any atom is -0.495 e. The molecular formula is C19H21NO5. The van der Waals surface area contributed by atoms with Gasteiger partial charge in [-0.2, -0.15) is 0 Å². The maximum atomic E-state index is 12.5. The van der Waals surface area contributed by atoms with Gasteiger partial charge in [-0.15, -0.1) is 0 Å². The zero-order valence-electron chi connectivity index (χ0n) is 14.4. The summed E-state index contributed by atoms with van der Waals surface area (Å²) < 4.78 is 10.9. The number of carbonyl (C=O) groups is 2. The van der Waals surface area contributed by atoms with Crippen LogP contribution >= 0.6 is 0 Å². The molecule has 132 valence electrons. The van der Waals surface area contributed by atoms with Crippen LogP contribution in [0.25, 0.3) is 0 Å². The molecule has 0 heterocycles. The number of aromatic carboxylic acids is 1. The van der Waals surface area contributed by atoms with Crippen molar-refractivity contribution in [2.75, 3.05) is 12.4 Å². The van der Waals surface area contributed by atoms with E-state index >= 15 is 0 Å². The van der Waals surface area contributed by atoms with E-state index in [4.69, 9.17) is 14.6 Å². The van der Waals surface area contributed by atoms with E-state index in [1.807, 2.05) is 13.8 Å². The summed E-state index contributed by atoms with van der Waals surface area (Å²) in [4.78, 5) is 23.6. The van der Waals surface area contributed by atoms with Crippen molar-refractivity contribution in [3.8, 4) is 11.5 Å². The van der Waals surface area contributed by atoms with Gasteiger partial charge in [0.25, 0.3) is 5.91 Å². The number of ether oxygens (including phenoxy) is 2. The maximum absolute atomic E-state index is 12.5. The number of carboxylic acids is 1. The van der Waals surface area contributed by atoms with Gasteiger partial charge in [-0.3, -0.25) is 4.79 Å². The Balaban J connectivity index is 2.23. The predicted molar refractivity (Wildman–Crippen MR) is 94.7 cm³/mol. The van der Waals surface area contributed by atoms with Crippen molar-refractivity contribution in [3.05, 3.63) is 53.6 Å². The van der Waals surface area contributed by atoms with Gasteiger partial charge in [-0.25, -0.2) is 4.79 Å². The summed E-state index contributed by atoms with van der Waals surface area (Å²) in [6, 6.07) is 11.1. The Morgan fingerprint density at radius 2 is 1.92 bits per heavy atom. The van der Waals surface area contributed by atoms with Gasteiger partial charge in [-0.05, 0) is 49.7 Å². The van der Waals surface area contributed by atoms with Crippen LogP contribution in [0.4, 0.5) is 5.69 Å². The first-order chi connectivity index (χ1) is 11.9. The third kappa shape index (κ3) is 4.73. The molecule has 0 saturated heterocycles. The Hall–Kier alpha value is -3.02. The van der Waals surface area contributed by atoms with Gasteiger partial charge < -0.3 is 19.9 Å². The SMILES string of the molecule is CC[C@H](C)Oc1cccc(C(=O)Nc2cc(C(=O)O)ccc2OC)c1. The number of nitrogens with one attached hydrogen (secondary N) is 1. The number of rotatable bonds is 7. The molecule has 25 heavy (non-hydrogen) atoms. The molecule has 0 aliphatic heterocycles. The van der Waals surface area contributed by atoms with Crippen molar-refractivity contribution >= 4 is 17.6 Å². The molecule has 0 unspecified atom stereocenters. The van der Waals surface area contributed by atoms with Crippen molar-refractivity contribution < 1.29 is 24.2 Å². The Bertz CT molecular complexity index is 772. The zero-order valence-corrected chi connectivity index (χ0v) is 14.4. The van der Waals surface area contributed by atoms with Crippen LogP contribution in [0.2, 0.25) is 0 Å². The molecule has 0 fully saturated rings. The molecule has 0 spiro atoms. The van der Waals surface area contributed by atoms with Crippen molar-refractivity contribution in [1.29, 1.82) is 0 Å². The lowest BCUT2D eigenvalue weighted by molar-refractivity contribution is 0.0696. The van der Waals surface area contributed by atoms with Gasteiger partial charge in [-0.1, -0.05) is 13.0 Å². The molecular weight excluding hydrogens is 322 g/mol. The minimum absolute atomic E-state index is 0.0469. The first kappa shape index (κ1) is 18.3. The lowest BCUT2D eigenvalue weighted by Crippen LogP contribution is -2.14. The highest BCUT2D eigenvalue weighted by Crippen LogP contribution is 2.26. The summed E-state index contributed by atoms with van der Waals surface area (Å²) in [6.45, 7) is 3.97. The van der Waals surface area contributed by atoms with Gasteiger partial charge in [0.15, 0.2) is 0 Å². The Morgan fingerprint density at radius 3 is 2.56 bits per heavy atom. The maximum Gasteiger partial charge on any atom is 0.335 e. The first-order valence-corrected chi connectivity index (χ1v) is 7.94. The molecule has 2 rings (SSSR count). The molecule has 1 atom stereocenters. The number of anilines is 1. The second kappa shape index (κ2) is 8.19. The molecule has 2 aromatic carbocycles. The fraction of sp³-hybridized carbons (Fsp3) is 0.263. The molecule has 0 radical (unpaired) electrons. The van der Waals surface area contributed by atoms with Gasteiger partial charge in [0.1, 0.15) is 11.5 Å². The van der Waals surface area contributed by atoms with Gasteiger partial charge in [0, 0.05) is 5.56 Å². The highest BCUT2D eigenvalue weighted by molar-refractivity contribution is 6.05. The Kier molecular flexibility index (Phi) is 6.00. The number of methoxy groups -OCH3 is 1. The fourth-order valence-electron chi connectivity index (χ4n) is 2.16. The zero-order chi connectivity index (χ0) is 18.4. The van der Waals surface area contributed by atoms with E-state index in [-0.39, 0.29) is 17.6 Å². The number of carboxylic acid groups (broad SMARTS) is 1. The largest absolute Gasteiger partial charge is 0.495 e. The Morgan fingerprint density at radius 1 is 1.16 bits per heavy atom. The topological polar surface area (TPSA) is 84.9 Å². The molecule has 2 N–H and O–H groups in total. The molecule has 2 aromatic rings. The van der Waals surface area contributed by atoms with E-state index in [1.165, 1.54) is 25.3 Å². The van der Waals surface area contributed by atoms with Crippen LogP contribution in [0, 0.1) is 0 Å². The fourth-order valence-corrected chi connectivity index (χ4v) is 2.16. The van der Waals surface area contributed by atoms with Crippen molar-refractivity contribution in [2.45, 2.75) is 26.4 Å². The summed E-state index contributed by atoms with van der Waals surface area (Å²) in [5, 5.41) is 11.8. The molecule has 0 aliphatic carbocycles. The second-order valence-corrected chi connectivity index (χ2v) is 5.54. The molecule has 6 heteroatoms. The molecule has 0 aliphatic rings. The smallest absolute Gasteiger partial charge is 0.335 e. The van der Waals surface area contributed by atoms with Crippen LogP contribution in [0.5, 0.6) is 11.5 Å². The van der Waals surface area contributed by atoms with E-state index in [1.54, 1.807) is 24.3 Å². The number of amides is 1. The third-order valence-corrected chi connectivity index (χ3v) is 3.70. The number of benzene rings is 2. The van der Waals surface area contributed by atoms with E-state index in [0.717, 1.165) is 6.42 Å². The molecule has 1 amide bonds. The minimum atomic E-state index is -1.08. The van der Waals surface area contributed by atoms with Crippen molar-refractivity contribution in [2.24, 2.45) is 0 Å². The quantitative estimate of drug-likeness (QED) is 0.798. The summed E-state index contributed by atoms with van der Waals surface area (Å²) in [7, 11) is 1.45. The van der Waals surface area contributed by atoms with E-state index in [0.29, 0.717) is 22.7 Å². The third-order valence-electron chi connectivity index (χ3n) is 3.70.